The predicted octanol–water partition coefficient (Wildman–Crippen LogP) is 2.45. The van der Waals surface area contributed by atoms with Crippen LogP contribution in [0.3, 0.4) is 0 Å². The fraction of sp³-hybridized carbons (Fsp3) is 0.471. The molecule has 0 spiro atoms. The van der Waals surface area contributed by atoms with Crippen molar-refractivity contribution in [3.63, 3.8) is 0 Å². The number of aromatic nitrogens is 2. The summed E-state index contributed by atoms with van der Waals surface area (Å²) < 4.78 is 0. The molecule has 4 heterocycles. The molecule has 2 aromatic rings. The molecular weight excluding hydrogens is 308 g/mol. The zero-order chi connectivity index (χ0) is 15.8. The molecular formula is C17H20N4OS. The Hall–Kier alpha value is -1.95. The van der Waals surface area contributed by atoms with Crippen molar-refractivity contribution >= 4 is 23.1 Å². The first kappa shape index (κ1) is 14.6. The van der Waals surface area contributed by atoms with Gasteiger partial charge < -0.3 is 9.80 Å². The Bertz CT molecular complexity index is 685. The lowest BCUT2D eigenvalue weighted by molar-refractivity contribution is 0.0785. The van der Waals surface area contributed by atoms with E-state index in [0.717, 1.165) is 49.7 Å². The lowest BCUT2D eigenvalue weighted by Gasteiger charge is -2.34. The van der Waals surface area contributed by atoms with Crippen LogP contribution >= 0.6 is 11.3 Å². The second-order valence-corrected chi connectivity index (χ2v) is 7.29. The molecule has 0 saturated carbocycles. The summed E-state index contributed by atoms with van der Waals surface area (Å²) in [5.74, 6) is 2.29. The first-order chi connectivity index (χ1) is 11.2. The second kappa shape index (κ2) is 5.92. The van der Waals surface area contributed by atoms with E-state index in [1.807, 2.05) is 40.8 Å². The van der Waals surface area contributed by atoms with Gasteiger partial charge in [0.05, 0.1) is 11.3 Å². The van der Waals surface area contributed by atoms with Gasteiger partial charge in [0.15, 0.2) is 5.82 Å². The first-order valence-electron chi connectivity index (χ1n) is 8.07. The SMILES string of the molecule is Cc1ccc(N2CC[C@H]3CN(C(=O)c4ccsc4)C[C@H]3C2)nn1. The van der Waals surface area contributed by atoms with Crippen LogP contribution < -0.4 is 4.90 Å². The number of hydrogen-bond acceptors (Lipinski definition) is 5. The van der Waals surface area contributed by atoms with Gasteiger partial charge in [-0.3, -0.25) is 4.79 Å². The Morgan fingerprint density at radius 3 is 2.78 bits per heavy atom. The highest BCUT2D eigenvalue weighted by Crippen LogP contribution is 2.33. The topological polar surface area (TPSA) is 49.3 Å². The van der Waals surface area contributed by atoms with Gasteiger partial charge >= 0.3 is 0 Å². The molecule has 0 aliphatic carbocycles. The number of likely N-dealkylation sites (tertiary alicyclic amines) is 1. The quantitative estimate of drug-likeness (QED) is 0.850. The maximum Gasteiger partial charge on any atom is 0.254 e. The molecule has 1 amide bonds. The van der Waals surface area contributed by atoms with Crippen LogP contribution in [0.5, 0.6) is 0 Å². The Labute approximate surface area is 139 Å². The number of piperidine rings is 1. The summed E-state index contributed by atoms with van der Waals surface area (Å²) in [4.78, 5) is 16.9. The molecule has 2 aliphatic heterocycles. The summed E-state index contributed by atoms with van der Waals surface area (Å²) >= 11 is 1.58. The molecule has 0 aromatic carbocycles. The highest BCUT2D eigenvalue weighted by molar-refractivity contribution is 7.08. The molecule has 5 nitrogen and oxygen atoms in total. The van der Waals surface area contributed by atoms with Gasteiger partial charge in [-0.15, -0.1) is 5.10 Å². The molecule has 120 valence electrons. The number of nitrogens with zero attached hydrogens (tertiary/aromatic N) is 4. The van der Waals surface area contributed by atoms with Gasteiger partial charge in [-0.25, -0.2) is 0 Å². The molecule has 0 bridgehead atoms. The minimum absolute atomic E-state index is 0.183. The third-order valence-corrected chi connectivity index (χ3v) is 5.65. The van der Waals surface area contributed by atoms with Crippen LogP contribution in [0.2, 0.25) is 0 Å². The summed E-state index contributed by atoms with van der Waals surface area (Å²) in [5.41, 5.74) is 1.77. The van der Waals surface area contributed by atoms with Gasteiger partial charge in [-0.2, -0.15) is 16.4 Å². The number of thiophene rings is 1. The number of anilines is 1. The average molecular weight is 328 g/mol. The highest BCUT2D eigenvalue weighted by Gasteiger charge is 2.39. The summed E-state index contributed by atoms with van der Waals surface area (Å²) in [6, 6.07) is 5.98. The highest BCUT2D eigenvalue weighted by atomic mass is 32.1. The van der Waals surface area contributed by atoms with E-state index in [0.29, 0.717) is 11.8 Å². The van der Waals surface area contributed by atoms with Gasteiger partial charge in [0.2, 0.25) is 0 Å². The number of hydrogen-bond donors (Lipinski definition) is 0. The molecule has 23 heavy (non-hydrogen) atoms. The predicted molar refractivity (Wildman–Crippen MR) is 90.8 cm³/mol. The Morgan fingerprint density at radius 1 is 1.17 bits per heavy atom. The first-order valence-corrected chi connectivity index (χ1v) is 9.02. The van der Waals surface area contributed by atoms with Gasteiger partial charge in [-0.1, -0.05) is 0 Å². The molecule has 2 atom stereocenters. The number of carbonyl (C=O) groups is 1. The van der Waals surface area contributed by atoms with Crippen molar-refractivity contribution in [3.8, 4) is 0 Å². The van der Waals surface area contributed by atoms with Crippen LogP contribution in [0.4, 0.5) is 5.82 Å². The Kier molecular flexibility index (Phi) is 3.77. The van der Waals surface area contributed by atoms with E-state index >= 15 is 0 Å². The number of fused-ring (bicyclic) bond motifs is 1. The van der Waals surface area contributed by atoms with Crippen molar-refractivity contribution in [3.05, 3.63) is 40.2 Å². The molecule has 6 heteroatoms. The van der Waals surface area contributed by atoms with Gasteiger partial charge in [0.1, 0.15) is 0 Å². The summed E-state index contributed by atoms with van der Waals surface area (Å²) in [6.45, 7) is 5.67. The fourth-order valence-corrected chi connectivity index (χ4v) is 4.30. The molecule has 0 radical (unpaired) electrons. The molecule has 2 aliphatic rings. The molecule has 0 unspecified atom stereocenters. The number of rotatable bonds is 2. The maximum atomic E-state index is 12.5. The zero-order valence-electron chi connectivity index (χ0n) is 13.2. The van der Waals surface area contributed by atoms with E-state index in [1.54, 1.807) is 11.3 Å². The van der Waals surface area contributed by atoms with Crippen LogP contribution in [0.1, 0.15) is 22.5 Å². The summed E-state index contributed by atoms with van der Waals surface area (Å²) in [6.07, 6.45) is 1.12. The van der Waals surface area contributed by atoms with Crippen molar-refractivity contribution < 1.29 is 4.79 Å². The smallest absolute Gasteiger partial charge is 0.254 e. The molecule has 2 saturated heterocycles. The zero-order valence-corrected chi connectivity index (χ0v) is 14.0. The molecule has 0 N–H and O–H groups in total. The number of amides is 1. The van der Waals surface area contributed by atoms with Crippen molar-refractivity contribution in [2.45, 2.75) is 13.3 Å². The van der Waals surface area contributed by atoms with Gasteiger partial charge in [0.25, 0.3) is 5.91 Å². The van der Waals surface area contributed by atoms with E-state index in [2.05, 4.69) is 15.1 Å². The minimum Gasteiger partial charge on any atom is -0.355 e. The second-order valence-electron chi connectivity index (χ2n) is 6.51. The van der Waals surface area contributed by atoms with E-state index in [9.17, 15) is 4.79 Å². The minimum atomic E-state index is 0.183. The van der Waals surface area contributed by atoms with Crippen LogP contribution in [-0.4, -0.2) is 47.2 Å². The average Bonchev–Trinajstić information content (AvgIpc) is 3.23. The van der Waals surface area contributed by atoms with E-state index in [4.69, 9.17) is 0 Å². The number of carbonyl (C=O) groups excluding carboxylic acids is 1. The van der Waals surface area contributed by atoms with E-state index in [1.165, 1.54) is 0 Å². The molecule has 2 aromatic heterocycles. The van der Waals surface area contributed by atoms with Crippen molar-refractivity contribution in [1.82, 2.24) is 15.1 Å². The van der Waals surface area contributed by atoms with E-state index < -0.39 is 0 Å². The van der Waals surface area contributed by atoms with E-state index in [-0.39, 0.29) is 5.91 Å². The van der Waals surface area contributed by atoms with Crippen molar-refractivity contribution in [1.29, 1.82) is 0 Å². The fourth-order valence-electron chi connectivity index (χ4n) is 3.67. The normalized spacial score (nSPS) is 23.9. The lowest BCUT2D eigenvalue weighted by Crippen LogP contribution is -2.40. The third kappa shape index (κ3) is 2.83. The van der Waals surface area contributed by atoms with Crippen LogP contribution in [0.25, 0.3) is 0 Å². The lowest BCUT2D eigenvalue weighted by atomic mass is 9.89. The van der Waals surface area contributed by atoms with Crippen LogP contribution in [0.15, 0.2) is 29.0 Å². The summed E-state index contributed by atoms with van der Waals surface area (Å²) in [5, 5.41) is 12.4. The van der Waals surface area contributed by atoms with Crippen LogP contribution in [-0.2, 0) is 0 Å². The summed E-state index contributed by atoms with van der Waals surface area (Å²) in [7, 11) is 0. The van der Waals surface area contributed by atoms with Gasteiger partial charge in [-0.05, 0) is 48.8 Å². The maximum absolute atomic E-state index is 12.5. The van der Waals surface area contributed by atoms with Crippen molar-refractivity contribution in [2.24, 2.45) is 11.8 Å². The third-order valence-electron chi connectivity index (χ3n) is 4.96. The van der Waals surface area contributed by atoms with Gasteiger partial charge in [0, 0.05) is 31.6 Å². The van der Waals surface area contributed by atoms with Crippen LogP contribution in [0, 0.1) is 18.8 Å². The largest absolute Gasteiger partial charge is 0.355 e. The molecule has 4 rings (SSSR count). The standard InChI is InChI=1S/C17H20N4OS/c1-12-2-3-16(19-18-12)20-6-4-13-8-21(10-15(13)9-20)17(22)14-5-7-23-11-14/h2-3,5,7,11,13,15H,4,6,8-10H2,1H3/t13-,15+/m0/s1. The van der Waals surface area contributed by atoms with Crippen molar-refractivity contribution in [2.75, 3.05) is 31.1 Å². The monoisotopic (exact) mass is 328 g/mol. The Balaban J connectivity index is 1.44. The molecule has 2 fully saturated rings. The Morgan fingerprint density at radius 2 is 2.04 bits per heavy atom. The number of aryl methyl sites for hydroxylation is 1.